The van der Waals surface area contributed by atoms with Gasteiger partial charge in [0.25, 0.3) is 0 Å². The van der Waals surface area contributed by atoms with Crippen LogP contribution in [0.15, 0.2) is 36.5 Å². The molecule has 2 rings (SSSR count). The van der Waals surface area contributed by atoms with Crippen LogP contribution in [0.5, 0.6) is 0 Å². The molecule has 0 atom stereocenters. The van der Waals surface area contributed by atoms with E-state index in [4.69, 9.17) is 0 Å². The molecule has 1 aromatic carbocycles. The Morgan fingerprint density at radius 1 is 1.17 bits per heavy atom. The molecule has 12 heavy (non-hydrogen) atoms. The summed E-state index contributed by atoms with van der Waals surface area (Å²) < 4.78 is 8.09. The molecule has 0 amide bonds. The predicted molar refractivity (Wildman–Crippen MR) is 49.2 cm³/mol. The lowest BCUT2D eigenvalue weighted by atomic mass is 10.1. The smallest absolute Gasteiger partial charge is 0.0786 e. The van der Waals surface area contributed by atoms with Crippen LogP contribution in [0.1, 0.15) is 11.3 Å². The molecule has 0 saturated heterocycles. The highest BCUT2D eigenvalue weighted by Crippen LogP contribution is 2.06. The minimum absolute atomic E-state index is 0.886. The maximum Gasteiger partial charge on any atom is 0.0786 e. The average molecular weight is 176 g/mol. The first-order valence-corrected chi connectivity index (χ1v) is 4.48. The Morgan fingerprint density at radius 2 is 2.00 bits per heavy atom. The van der Waals surface area contributed by atoms with Crippen molar-refractivity contribution in [3.05, 3.63) is 47.8 Å². The quantitative estimate of drug-likeness (QED) is 0.700. The van der Waals surface area contributed by atoms with Gasteiger partial charge in [0.2, 0.25) is 0 Å². The van der Waals surface area contributed by atoms with Gasteiger partial charge >= 0.3 is 0 Å². The summed E-state index contributed by atoms with van der Waals surface area (Å²) in [6, 6.07) is 10.3. The van der Waals surface area contributed by atoms with Crippen LogP contribution < -0.4 is 0 Å². The van der Waals surface area contributed by atoms with Crippen LogP contribution >= 0.6 is 11.7 Å². The summed E-state index contributed by atoms with van der Waals surface area (Å²) in [7, 11) is 0. The van der Waals surface area contributed by atoms with Crippen LogP contribution in [0.3, 0.4) is 0 Å². The van der Waals surface area contributed by atoms with Crippen molar-refractivity contribution in [3.63, 3.8) is 0 Å². The van der Waals surface area contributed by atoms with Gasteiger partial charge in [0.1, 0.15) is 0 Å². The molecule has 0 aliphatic rings. The minimum Gasteiger partial charge on any atom is -0.181 e. The zero-order valence-corrected chi connectivity index (χ0v) is 7.29. The van der Waals surface area contributed by atoms with Gasteiger partial charge in [-0.25, -0.2) is 0 Å². The van der Waals surface area contributed by atoms with E-state index in [0.717, 1.165) is 12.1 Å². The lowest BCUT2D eigenvalue weighted by Crippen LogP contribution is -1.85. The van der Waals surface area contributed by atoms with Crippen molar-refractivity contribution in [2.24, 2.45) is 0 Å². The van der Waals surface area contributed by atoms with Crippen LogP contribution in [0.25, 0.3) is 0 Å². The third kappa shape index (κ3) is 1.68. The molecular weight excluding hydrogens is 168 g/mol. The van der Waals surface area contributed by atoms with Gasteiger partial charge < -0.3 is 0 Å². The number of aromatic nitrogens is 2. The second kappa shape index (κ2) is 3.45. The topological polar surface area (TPSA) is 25.8 Å². The van der Waals surface area contributed by atoms with E-state index < -0.39 is 0 Å². The maximum absolute atomic E-state index is 4.14. The van der Waals surface area contributed by atoms with Gasteiger partial charge in [0, 0.05) is 6.42 Å². The number of hydrogen-bond acceptors (Lipinski definition) is 3. The largest absolute Gasteiger partial charge is 0.181 e. The Balaban J connectivity index is 2.15. The van der Waals surface area contributed by atoms with E-state index in [-0.39, 0.29) is 0 Å². The Bertz CT molecular complexity index is 329. The summed E-state index contributed by atoms with van der Waals surface area (Å²) in [4.78, 5) is 0. The number of benzene rings is 1. The molecule has 0 fully saturated rings. The molecular formula is C9H8N2S. The van der Waals surface area contributed by atoms with E-state index in [9.17, 15) is 0 Å². The van der Waals surface area contributed by atoms with Crippen LogP contribution in [-0.2, 0) is 6.42 Å². The molecule has 0 spiro atoms. The molecule has 1 heterocycles. The molecule has 2 nitrogen and oxygen atoms in total. The molecule has 2 aromatic rings. The van der Waals surface area contributed by atoms with E-state index >= 15 is 0 Å². The first-order chi connectivity index (χ1) is 5.95. The summed E-state index contributed by atoms with van der Waals surface area (Å²) >= 11 is 1.26. The van der Waals surface area contributed by atoms with Gasteiger partial charge in [0.15, 0.2) is 0 Å². The fourth-order valence-corrected chi connectivity index (χ4v) is 1.50. The molecule has 0 N–H and O–H groups in total. The molecule has 0 unspecified atom stereocenters. The Labute approximate surface area is 75.2 Å². The van der Waals surface area contributed by atoms with Gasteiger partial charge in [-0.1, -0.05) is 30.3 Å². The lowest BCUT2D eigenvalue weighted by Gasteiger charge is -1.94. The van der Waals surface area contributed by atoms with E-state index in [1.54, 1.807) is 0 Å². The highest BCUT2D eigenvalue weighted by molar-refractivity contribution is 6.99. The van der Waals surface area contributed by atoms with Gasteiger partial charge in [-0.2, -0.15) is 8.75 Å². The second-order valence-corrected chi connectivity index (χ2v) is 3.12. The highest BCUT2D eigenvalue weighted by atomic mass is 32.1. The summed E-state index contributed by atoms with van der Waals surface area (Å²) in [5.41, 5.74) is 2.33. The van der Waals surface area contributed by atoms with Crippen molar-refractivity contribution >= 4 is 11.7 Å². The van der Waals surface area contributed by atoms with Crippen molar-refractivity contribution in [1.82, 2.24) is 8.75 Å². The molecule has 0 bridgehead atoms. The zero-order chi connectivity index (χ0) is 8.23. The van der Waals surface area contributed by atoms with Crippen LogP contribution in [-0.4, -0.2) is 8.75 Å². The van der Waals surface area contributed by atoms with E-state index in [0.29, 0.717) is 0 Å². The van der Waals surface area contributed by atoms with Crippen LogP contribution in [0.2, 0.25) is 0 Å². The fraction of sp³-hybridized carbons (Fsp3) is 0.111. The highest BCUT2D eigenvalue weighted by Gasteiger charge is 1.96. The average Bonchev–Trinajstić information content (AvgIpc) is 2.59. The van der Waals surface area contributed by atoms with Crippen molar-refractivity contribution in [2.45, 2.75) is 6.42 Å². The number of nitrogens with zero attached hydrogens (tertiary/aromatic N) is 2. The SMILES string of the molecule is c1ccc(Cc2cnsn2)cc1. The third-order valence-electron chi connectivity index (χ3n) is 1.64. The normalized spacial score (nSPS) is 10.0. The lowest BCUT2D eigenvalue weighted by molar-refractivity contribution is 1.13. The van der Waals surface area contributed by atoms with Crippen molar-refractivity contribution in [3.8, 4) is 0 Å². The molecule has 1 aromatic heterocycles. The monoisotopic (exact) mass is 176 g/mol. The van der Waals surface area contributed by atoms with E-state index in [1.807, 2.05) is 24.4 Å². The Hall–Kier alpha value is -1.22. The van der Waals surface area contributed by atoms with Crippen molar-refractivity contribution in [1.29, 1.82) is 0 Å². The summed E-state index contributed by atoms with van der Waals surface area (Å²) in [6.07, 6.45) is 2.70. The Kier molecular flexibility index (Phi) is 2.14. The zero-order valence-electron chi connectivity index (χ0n) is 6.47. The number of hydrogen-bond donors (Lipinski definition) is 0. The van der Waals surface area contributed by atoms with Crippen LogP contribution in [0.4, 0.5) is 0 Å². The van der Waals surface area contributed by atoms with E-state index in [1.165, 1.54) is 17.3 Å². The first-order valence-electron chi connectivity index (χ1n) is 3.75. The Morgan fingerprint density at radius 3 is 2.67 bits per heavy atom. The van der Waals surface area contributed by atoms with Crippen molar-refractivity contribution in [2.75, 3.05) is 0 Å². The molecule has 0 saturated carbocycles. The third-order valence-corrected chi connectivity index (χ3v) is 2.15. The van der Waals surface area contributed by atoms with E-state index in [2.05, 4.69) is 20.9 Å². The second-order valence-electron chi connectivity index (χ2n) is 2.56. The minimum atomic E-state index is 0.886. The molecule has 3 heteroatoms. The van der Waals surface area contributed by atoms with Gasteiger partial charge in [-0.3, -0.25) is 0 Å². The van der Waals surface area contributed by atoms with Gasteiger partial charge in [-0.05, 0) is 5.56 Å². The van der Waals surface area contributed by atoms with Gasteiger partial charge in [0.05, 0.1) is 23.6 Å². The number of rotatable bonds is 2. The predicted octanol–water partition coefficient (Wildman–Crippen LogP) is 2.13. The molecule has 0 radical (unpaired) electrons. The summed E-state index contributed by atoms with van der Waals surface area (Å²) in [5.74, 6) is 0. The van der Waals surface area contributed by atoms with Crippen LogP contribution in [0, 0.1) is 0 Å². The van der Waals surface area contributed by atoms with Gasteiger partial charge in [-0.15, -0.1) is 0 Å². The first kappa shape index (κ1) is 7.43. The standard InChI is InChI=1S/C9H8N2S/c1-2-4-8(5-3-1)6-9-7-10-12-11-9/h1-5,7H,6H2. The molecule has 60 valence electrons. The van der Waals surface area contributed by atoms with Crippen molar-refractivity contribution < 1.29 is 0 Å². The molecule has 0 aliphatic heterocycles. The maximum atomic E-state index is 4.14. The molecule has 0 aliphatic carbocycles. The summed E-state index contributed by atoms with van der Waals surface area (Å²) in [6.45, 7) is 0. The fourth-order valence-electron chi connectivity index (χ4n) is 1.07. The summed E-state index contributed by atoms with van der Waals surface area (Å²) in [5, 5.41) is 0.